The van der Waals surface area contributed by atoms with Gasteiger partial charge in [-0.25, -0.2) is 4.79 Å². The molecular weight excluding hydrogens is 722 g/mol. The van der Waals surface area contributed by atoms with Crippen LogP contribution < -0.4 is 0 Å². The molecule has 2 bridgehead atoms. The second-order valence-electron chi connectivity index (χ2n) is 17.1. The molecule has 4 aliphatic rings. The maximum atomic E-state index is 14.2. The molecule has 1 aliphatic carbocycles. The molecular formula is C43H67NO12. The van der Waals surface area contributed by atoms with Gasteiger partial charge in [-0.2, -0.15) is 0 Å². The Hall–Kier alpha value is -2.78. The van der Waals surface area contributed by atoms with Crippen LogP contribution in [0.25, 0.3) is 0 Å². The highest BCUT2D eigenvalue weighted by Crippen LogP contribution is 2.39. The summed E-state index contributed by atoms with van der Waals surface area (Å²) >= 11 is 0. The van der Waals surface area contributed by atoms with E-state index in [-0.39, 0.29) is 49.5 Å². The highest BCUT2D eigenvalue weighted by Gasteiger charge is 2.57. The lowest BCUT2D eigenvalue weighted by atomic mass is 9.81. The van der Waals surface area contributed by atoms with Crippen LogP contribution in [-0.4, -0.2) is 124 Å². The number of carbonyl (C=O) groups excluding carboxylic acids is 4. The number of esters is 1. The van der Waals surface area contributed by atoms with Crippen LogP contribution in [0.3, 0.4) is 0 Å². The van der Waals surface area contributed by atoms with Gasteiger partial charge in [0.15, 0.2) is 0 Å². The van der Waals surface area contributed by atoms with Crippen molar-refractivity contribution in [3.63, 3.8) is 0 Å². The Morgan fingerprint density at radius 1 is 0.964 bits per heavy atom. The van der Waals surface area contributed by atoms with Crippen LogP contribution in [0.15, 0.2) is 36.0 Å². The minimum Gasteiger partial charge on any atom is -0.456 e. The summed E-state index contributed by atoms with van der Waals surface area (Å²) in [6, 6.07) is -1.16. The van der Waals surface area contributed by atoms with Gasteiger partial charge in [0, 0.05) is 44.9 Å². The molecule has 0 aromatic heterocycles. The zero-order valence-corrected chi connectivity index (χ0v) is 34.4. The SMILES string of the molecule is C=CCC1/C=C(\C)C[C@H](C)CC(OC)C(O)[C@H]2C[C@@H](C)[C@@](O)(O2)C(=O)C(=O)N2CCCC[C@H]2C(=O)OC(/C(C)=C/[C@@H]2CC[C@@H](O)[C@H](OC)C2)[C@H](C)[C@@H](O)CC1=O. The third kappa shape index (κ3) is 10.8. The monoisotopic (exact) mass is 789 g/mol. The molecule has 4 N–H and O–H groups in total. The van der Waals surface area contributed by atoms with Crippen molar-refractivity contribution >= 4 is 23.4 Å². The Balaban J connectivity index is 1.74. The first-order chi connectivity index (χ1) is 26.4. The fourth-order valence-corrected chi connectivity index (χ4v) is 9.20. The molecule has 4 rings (SSSR count). The molecule has 316 valence electrons. The minimum atomic E-state index is -2.53. The number of carbonyl (C=O) groups is 4. The Morgan fingerprint density at radius 3 is 2.32 bits per heavy atom. The fraction of sp³-hybridized carbons (Fsp3) is 0.767. The second-order valence-corrected chi connectivity index (χ2v) is 17.1. The summed E-state index contributed by atoms with van der Waals surface area (Å²) in [6.07, 6.45) is 3.66. The zero-order valence-electron chi connectivity index (χ0n) is 34.4. The molecule has 0 spiro atoms. The summed E-state index contributed by atoms with van der Waals surface area (Å²) in [5.74, 6) is -7.99. The summed E-state index contributed by atoms with van der Waals surface area (Å²) in [6.45, 7) is 12.9. The van der Waals surface area contributed by atoms with E-state index in [1.54, 1.807) is 34.0 Å². The summed E-state index contributed by atoms with van der Waals surface area (Å²) in [5.41, 5.74) is 1.58. The Labute approximate surface area is 332 Å². The minimum absolute atomic E-state index is 0.0115. The number of piperidine rings is 1. The maximum Gasteiger partial charge on any atom is 0.329 e. The Kier molecular flexibility index (Phi) is 16.6. The quantitative estimate of drug-likeness (QED) is 0.172. The molecule has 3 fully saturated rings. The van der Waals surface area contributed by atoms with E-state index in [4.69, 9.17) is 18.9 Å². The molecule has 14 atom stereocenters. The average Bonchev–Trinajstić information content (AvgIpc) is 3.48. The topological polar surface area (TPSA) is 189 Å². The van der Waals surface area contributed by atoms with Gasteiger partial charge >= 0.3 is 5.97 Å². The van der Waals surface area contributed by atoms with Crippen molar-refractivity contribution < 1.29 is 58.6 Å². The van der Waals surface area contributed by atoms with Crippen molar-refractivity contribution in [3.8, 4) is 0 Å². The predicted octanol–water partition coefficient (Wildman–Crippen LogP) is 3.98. The van der Waals surface area contributed by atoms with E-state index >= 15 is 0 Å². The standard InChI is InChI=1S/C43H67NO12/c1-9-12-30-18-24(2)17-25(3)19-36(54-8)38(48)37-21-27(5)43(52,56-37)40(49)41(50)44-16-11-10-13-31(44)42(51)55-39(28(6)33(46)23-34(30)47)26(4)20-29-14-15-32(45)35(22-29)53-7/h9,18,20,25,27-33,35-39,45-46,48,52H,1,10-17,19,21-23H2,2-8H3/b24-18+,26-20+/t25-,27+,28+,29-,30?,31-,32+,33-,35+,36?,37+,38?,39?,43+/m0/s1. The Bertz CT molecular complexity index is 1460. The smallest absolute Gasteiger partial charge is 0.329 e. The largest absolute Gasteiger partial charge is 0.456 e. The van der Waals surface area contributed by atoms with E-state index in [9.17, 15) is 39.6 Å². The number of allylic oxidation sites excluding steroid dienone is 4. The third-order valence-corrected chi connectivity index (χ3v) is 12.6. The number of methoxy groups -OCH3 is 2. The molecule has 0 aromatic carbocycles. The molecule has 1 amide bonds. The number of fused-ring (bicyclic) bond motifs is 3. The van der Waals surface area contributed by atoms with Crippen molar-refractivity contribution in [1.82, 2.24) is 4.90 Å². The molecule has 3 aliphatic heterocycles. The number of Topliss-reactive ketones (excluding diaryl/α,β-unsaturated/α-hetero) is 2. The lowest BCUT2D eigenvalue weighted by molar-refractivity contribution is -0.225. The first-order valence-corrected chi connectivity index (χ1v) is 20.5. The van der Waals surface area contributed by atoms with Crippen molar-refractivity contribution in [2.24, 2.45) is 29.6 Å². The third-order valence-electron chi connectivity index (χ3n) is 12.6. The van der Waals surface area contributed by atoms with Crippen molar-refractivity contribution in [3.05, 3.63) is 36.0 Å². The highest BCUT2D eigenvalue weighted by molar-refractivity contribution is 6.39. The molecule has 1 saturated carbocycles. The van der Waals surface area contributed by atoms with Crippen LogP contribution >= 0.6 is 0 Å². The van der Waals surface area contributed by atoms with Crippen molar-refractivity contribution in [2.45, 2.75) is 160 Å². The molecule has 2 saturated heterocycles. The number of ether oxygens (including phenoxy) is 4. The predicted molar refractivity (Wildman–Crippen MR) is 208 cm³/mol. The van der Waals surface area contributed by atoms with Gasteiger partial charge in [0.1, 0.15) is 24.0 Å². The Morgan fingerprint density at radius 2 is 1.66 bits per heavy atom. The second kappa shape index (κ2) is 20.3. The van der Waals surface area contributed by atoms with E-state index in [1.165, 1.54) is 7.11 Å². The number of ketones is 2. The number of aliphatic hydroxyl groups excluding tert-OH is 3. The van der Waals surface area contributed by atoms with Gasteiger partial charge in [-0.05, 0) is 95.5 Å². The van der Waals surface area contributed by atoms with Crippen LogP contribution in [0.1, 0.15) is 105 Å². The van der Waals surface area contributed by atoms with E-state index in [2.05, 4.69) is 6.58 Å². The van der Waals surface area contributed by atoms with Crippen LogP contribution in [0.4, 0.5) is 0 Å². The number of hydrogen-bond acceptors (Lipinski definition) is 12. The van der Waals surface area contributed by atoms with Gasteiger partial charge in [-0.15, -0.1) is 6.58 Å². The zero-order chi connectivity index (χ0) is 41.5. The van der Waals surface area contributed by atoms with Gasteiger partial charge in [-0.3, -0.25) is 14.4 Å². The van der Waals surface area contributed by atoms with Gasteiger partial charge < -0.3 is 44.3 Å². The lowest BCUT2D eigenvalue weighted by Gasteiger charge is -2.38. The molecule has 4 unspecified atom stereocenters. The van der Waals surface area contributed by atoms with E-state index in [1.807, 2.05) is 26.0 Å². The van der Waals surface area contributed by atoms with Gasteiger partial charge in [-0.1, -0.05) is 44.6 Å². The number of amides is 1. The van der Waals surface area contributed by atoms with Crippen LogP contribution in [0.5, 0.6) is 0 Å². The maximum absolute atomic E-state index is 14.2. The fourth-order valence-electron chi connectivity index (χ4n) is 9.20. The van der Waals surface area contributed by atoms with E-state index in [0.29, 0.717) is 56.9 Å². The van der Waals surface area contributed by atoms with Crippen LogP contribution in [0, 0.1) is 29.6 Å². The summed E-state index contributed by atoms with van der Waals surface area (Å²) in [5, 5.41) is 45.1. The molecule has 3 heterocycles. The average molecular weight is 790 g/mol. The molecule has 13 heteroatoms. The first-order valence-electron chi connectivity index (χ1n) is 20.5. The number of nitrogens with zero attached hydrogens (tertiary/aromatic N) is 1. The number of aliphatic hydroxyl groups is 4. The first kappa shape index (κ1) is 45.9. The highest BCUT2D eigenvalue weighted by atomic mass is 16.7. The molecule has 13 nitrogen and oxygen atoms in total. The molecule has 0 aromatic rings. The van der Waals surface area contributed by atoms with Crippen molar-refractivity contribution in [2.75, 3.05) is 20.8 Å². The van der Waals surface area contributed by atoms with E-state index < -0.39 is 83.9 Å². The summed E-state index contributed by atoms with van der Waals surface area (Å²) in [7, 11) is 3.02. The lowest BCUT2D eigenvalue weighted by Crippen LogP contribution is -2.57. The summed E-state index contributed by atoms with van der Waals surface area (Å²) in [4.78, 5) is 57.1. The summed E-state index contributed by atoms with van der Waals surface area (Å²) < 4.78 is 23.3. The van der Waals surface area contributed by atoms with Gasteiger partial charge in [0.2, 0.25) is 5.79 Å². The number of hydrogen-bond donors (Lipinski definition) is 4. The van der Waals surface area contributed by atoms with Gasteiger partial charge in [0.25, 0.3) is 11.7 Å². The molecule has 0 radical (unpaired) electrons. The number of cyclic esters (lactones) is 1. The van der Waals surface area contributed by atoms with Gasteiger partial charge in [0.05, 0.1) is 30.5 Å². The van der Waals surface area contributed by atoms with Crippen LogP contribution in [-0.2, 0) is 38.1 Å². The normalized spacial score (nSPS) is 41.5. The van der Waals surface area contributed by atoms with Crippen LogP contribution in [0.2, 0.25) is 0 Å². The number of rotatable bonds is 6. The van der Waals surface area contributed by atoms with Crippen molar-refractivity contribution in [1.29, 1.82) is 0 Å². The molecule has 56 heavy (non-hydrogen) atoms. The van der Waals surface area contributed by atoms with E-state index in [0.717, 1.165) is 10.5 Å².